The van der Waals surface area contributed by atoms with E-state index in [0.29, 0.717) is 6.54 Å². The maximum atomic E-state index is 11.7. The summed E-state index contributed by atoms with van der Waals surface area (Å²) >= 11 is 0. The van der Waals surface area contributed by atoms with E-state index in [9.17, 15) is 9.90 Å². The molecule has 0 bridgehead atoms. The summed E-state index contributed by atoms with van der Waals surface area (Å²) in [4.78, 5) is 20.2. The molecule has 1 aliphatic rings. The highest BCUT2D eigenvalue weighted by atomic mass is 16.3. The molecule has 1 aliphatic heterocycles. The van der Waals surface area contributed by atoms with Crippen LogP contribution in [0.25, 0.3) is 11.1 Å². The lowest BCUT2D eigenvalue weighted by Crippen LogP contribution is -2.32. The summed E-state index contributed by atoms with van der Waals surface area (Å²) in [5, 5.41) is 9.45. The van der Waals surface area contributed by atoms with Crippen molar-refractivity contribution < 1.29 is 9.90 Å². The van der Waals surface area contributed by atoms with Crippen LogP contribution in [0.3, 0.4) is 0 Å². The van der Waals surface area contributed by atoms with Crippen LogP contribution in [0.1, 0.15) is 24.1 Å². The molecule has 0 spiro atoms. The average molecular weight is 368 g/mol. The van der Waals surface area contributed by atoms with Gasteiger partial charge in [-0.3, -0.25) is 14.7 Å². The number of likely N-dealkylation sites (tertiary alicyclic amines) is 1. The number of benzene rings is 1. The summed E-state index contributed by atoms with van der Waals surface area (Å²) in [7, 11) is 1.76. The Kier molecular flexibility index (Phi) is 6.55. The number of nitrogens with zero attached hydrogens (tertiary/aromatic N) is 3. The highest BCUT2D eigenvalue weighted by Gasteiger charge is 2.23. The van der Waals surface area contributed by atoms with Crippen LogP contribution in [-0.4, -0.2) is 58.6 Å². The van der Waals surface area contributed by atoms with Crippen LogP contribution in [0.2, 0.25) is 0 Å². The molecule has 1 atom stereocenters. The Morgan fingerprint density at radius 1 is 1.33 bits per heavy atom. The number of rotatable bonds is 7. The minimum atomic E-state index is -0.0745. The van der Waals surface area contributed by atoms with Crippen LogP contribution >= 0.6 is 0 Å². The first-order chi connectivity index (χ1) is 13.1. The number of amides is 1. The van der Waals surface area contributed by atoms with Crippen molar-refractivity contribution in [2.45, 2.75) is 32.0 Å². The number of pyridine rings is 1. The Balaban J connectivity index is 1.68. The van der Waals surface area contributed by atoms with Gasteiger partial charge < -0.3 is 15.7 Å². The Morgan fingerprint density at radius 2 is 2.19 bits per heavy atom. The topological polar surface area (TPSA) is 82.7 Å². The molecule has 27 heavy (non-hydrogen) atoms. The van der Waals surface area contributed by atoms with Crippen molar-refractivity contribution >= 4 is 5.91 Å². The number of carbonyl (C=O) groups is 1. The van der Waals surface area contributed by atoms with E-state index in [2.05, 4.69) is 28.1 Å². The molecule has 6 nitrogen and oxygen atoms in total. The standard InChI is InChI=1S/C21H28N4O2/c1-24(21(27)11-22)13-16-4-2-5-17(10-16)18-7-8-19(23-12-18)14-25-9-3-6-20(25)15-26/h2,4-5,7-8,10,12,20,26H,3,6,9,11,13-15,22H2,1H3/t20-/m0/s1. The summed E-state index contributed by atoms with van der Waals surface area (Å²) in [5.74, 6) is -0.0745. The number of aliphatic hydroxyl groups is 1. The van der Waals surface area contributed by atoms with Gasteiger partial charge in [-0.2, -0.15) is 0 Å². The van der Waals surface area contributed by atoms with Crippen LogP contribution in [0.15, 0.2) is 42.6 Å². The molecule has 2 aromatic rings. The lowest BCUT2D eigenvalue weighted by Gasteiger charge is -2.22. The van der Waals surface area contributed by atoms with Crippen molar-refractivity contribution in [2.24, 2.45) is 5.73 Å². The lowest BCUT2D eigenvalue weighted by molar-refractivity contribution is -0.128. The van der Waals surface area contributed by atoms with Gasteiger partial charge in [0.05, 0.1) is 18.8 Å². The van der Waals surface area contributed by atoms with Gasteiger partial charge in [-0.15, -0.1) is 0 Å². The molecule has 144 valence electrons. The van der Waals surface area contributed by atoms with E-state index in [-0.39, 0.29) is 25.1 Å². The second-order valence-electron chi connectivity index (χ2n) is 7.14. The predicted molar refractivity (Wildman–Crippen MR) is 106 cm³/mol. The Bertz CT molecular complexity index is 763. The van der Waals surface area contributed by atoms with Gasteiger partial charge >= 0.3 is 0 Å². The minimum absolute atomic E-state index is 0.0235. The van der Waals surface area contributed by atoms with Gasteiger partial charge in [-0.1, -0.05) is 24.3 Å². The smallest absolute Gasteiger partial charge is 0.236 e. The fourth-order valence-corrected chi connectivity index (χ4v) is 3.57. The maximum absolute atomic E-state index is 11.7. The van der Waals surface area contributed by atoms with Gasteiger partial charge in [0.25, 0.3) is 0 Å². The van der Waals surface area contributed by atoms with E-state index in [1.807, 2.05) is 24.4 Å². The quantitative estimate of drug-likeness (QED) is 0.776. The fourth-order valence-electron chi connectivity index (χ4n) is 3.57. The van der Waals surface area contributed by atoms with Crippen molar-refractivity contribution in [1.82, 2.24) is 14.8 Å². The van der Waals surface area contributed by atoms with Crippen LogP contribution in [0, 0.1) is 0 Å². The van der Waals surface area contributed by atoms with Crippen molar-refractivity contribution in [3.63, 3.8) is 0 Å². The summed E-state index contributed by atoms with van der Waals surface area (Å²) < 4.78 is 0. The van der Waals surface area contributed by atoms with E-state index in [4.69, 9.17) is 5.73 Å². The zero-order chi connectivity index (χ0) is 19.2. The zero-order valence-electron chi connectivity index (χ0n) is 15.8. The van der Waals surface area contributed by atoms with Crippen LogP contribution in [-0.2, 0) is 17.9 Å². The van der Waals surface area contributed by atoms with Gasteiger partial charge in [0.15, 0.2) is 0 Å². The first-order valence-electron chi connectivity index (χ1n) is 9.44. The second-order valence-corrected chi connectivity index (χ2v) is 7.14. The van der Waals surface area contributed by atoms with Gasteiger partial charge in [0.1, 0.15) is 0 Å². The molecule has 1 saturated heterocycles. The third-order valence-corrected chi connectivity index (χ3v) is 5.18. The van der Waals surface area contributed by atoms with E-state index in [1.54, 1.807) is 11.9 Å². The molecule has 6 heteroatoms. The molecule has 0 unspecified atom stereocenters. The number of likely N-dealkylation sites (N-methyl/N-ethyl adjacent to an activating group) is 1. The molecule has 2 heterocycles. The van der Waals surface area contributed by atoms with Gasteiger partial charge in [0.2, 0.25) is 5.91 Å². The van der Waals surface area contributed by atoms with Gasteiger partial charge in [-0.05, 0) is 42.6 Å². The fraction of sp³-hybridized carbons (Fsp3) is 0.429. The third-order valence-electron chi connectivity index (χ3n) is 5.18. The molecule has 1 aromatic carbocycles. The van der Waals surface area contributed by atoms with E-state index in [1.165, 1.54) is 0 Å². The number of hydrogen-bond donors (Lipinski definition) is 2. The molecule has 1 aromatic heterocycles. The lowest BCUT2D eigenvalue weighted by atomic mass is 10.0. The average Bonchev–Trinajstić information content (AvgIpc) is 3.15. The largest absolute Gasteiger partial charge is 0.395 e. The third kappa shape index (κ3) is 4.91. The van der Waals surface area contributed by atoms with Crippen molar-refractivity contribution in [3.8, 4) is 11.1 Å². The SMILES string of the molecule is CN(Cc1cccc(-c2ccc(CN3CCC[C@H]3CO)nc2)c1)C(=O)CN. The monoisotopic (exact) mass is 368 g/mol. The minimum Gasteiger partial charge on any atom is -0.395 e. The molecule has 1 fully saturated rings. The Hall–Kier alpha value is -2.28. The van der Waals surface area contributed by atoms with Gasteiger partial charge in [-0.25, -0.2) is 0 Å². The first-order valence-corrected chi connectivity index (χ1v) is 9.44. The Morgan fingerprint density at radius 3 is 2.89 bits per heavy atom. The number of aromatic nitrogens is 1. The molecule has 0 aliphatic carbocycles. The zero-order valence-corrected chi connectivity index (χ0v) is 15.8. The number of aliphatic hydroxyl groups excluding tert-OH is 1. The van der Waals surface area contributed by atoms with E-state index in [0.717, 1.165) is 48.3 Å². The molecule has 1 amide bonds. The molecular weight excluding hydrogens is 340 g/mol. The molecule has 0 radical (unpaired) electrons. The second kappa shape index (κ2) is 9.08. The van der Waals surface area contributed by atoms with Gasteiger partial charge in [0, 0.05) is 37.9 Å². The molecule has 3 N–H and O–H groups in total. The first kappa shape index (κ1) is 19.5. The van der Waals surface area contributed by atoms with Crippen LogP contribution in [0.4, 0.5) is 0 Å². The van der Waals surface area contributed by atoms with Crippen LogP contribution in [0.5, 0.6) is 0 Å². The highest BCUT2D eigenvalue weighted by Crippen LogP contribution is 2.22. The predicted octanol–water partition coefficient (Wildman–Crippen LogP) is 1.62. The summed E-state index contributed by atoms with van der Waals surface area (Å²) in [6.07, 6.45) is 4.09. The van der Waals surface area contributed by atoms with Crippen molar-refractivity contribution in [2.75, 3.05) is 26.7 Å². The van der Waals surface area contributed by atoms with Crippen molar-refractivity contribution in [1.29, 1.82) is 0 Å². The summed E-state index contributed by atoms with van der Waals surface area (Å²) in [6, 6.07) is 12.5. The summed E-state index contributed by atoms with van der Waals surface area (Å²) in [5.41, 5.74) is 9.62. The maximum Gasteiger partial charge on any atom is 0.236 e. The van der Waals surface area contributed by atoms with E-state index < -0.39 is 0 Å². The number of carbonyl (C=O) groups excluding carboxylic acids is 1. The van der Waals surface area contributed by atoms with E-state index >= 15 is 0 Å². The number of hydrogen-bond acceptors (Lipinski definition) is 5. The molecular formula is C21H28N4O2. The normalized spacial score (nSPS) is 17.2. The Labute approximate surface area is 160 Å². The van der Waals surface area contributed by atoms with Crippen molar-refractivity contribution in [3.05, 3.63) is 53.9 Å². The van der Waals surface area contributed by atoms with Crippen LogP contribution < -0.4 is 5.73 Å². The highest BCUT2D eigenvalue weighted by molar-refractivity contribution is 5.77. The number of nitrogens with two attached hydrogens (primary N) is 1. The molecule has 3 rings (SSSR count). The summed E-state index contributed by atoms with van der Waals surface area (Å²) in [6.45, 7) is 2.57. The molecule has 0 saturated carbocycles.